The van der Waals surface area contributed by atoms with Crippen molar-refractivity contribution >= 4 is 22.7 Å². The Morgan fingerprint density at radius 3 is 1.26 bits per heavy atom. The Bertz CT molecular complexity index is 1270. The summed E-state index contributed by atoms with van der Waals surface area (Å²) in [5.41, 5.74) is 4.99. The van der Waals surface area contributed by atoms with Gasteiger partial charge in [-0.25, -0.2) is 0 Å². The molecule has 0 saturated heterocycles. The second kappa shape index (κ2) is 15.4. The van der Waals surface area contributed by atoms with E-state index in [1.165, 1.54) is 85.1 Å². The second-order valence-corrected chi connectivity index (χ2v) is 12.0. The van der Waals surface area contributed by atoms with Crippen LogP contribution in [0.3, 0.4) is 0 Å². The van der Waals surface area contributed by atoms with E-state index in [1.54, 1.807) is 22.7 Å². The number of rotatable bonds is 11. The number of thiophene rings is 2. The molecule has 0 bridgehead atoms. The van der Waals surface area contributed by atoms with Crippen LogP contribution in [-0.4, -0.2) is 0 Å². The summed E-state index contributed by atoms with van der Waals surface area (Å²) in [6, 6.07) is 26.1. The van der Waals surface area contributed by atoms with Crippen molar-refractivity contribution in [1.29, 1.82) is 0 Å². The normalized spacial score (nSPS) is 10.5. The average Bonchev–Trinajstić information content (AvgIpc) is 3.62. The largest absolute Gasteiger partial charge is 0.126 e. The number of unbranched alkanes of at least 4 members (excludes halogenated alkanes) is 6. The molecule has 0 nitrogen and oxygen atoms in total. The topological polar surface area (TPSA) is 0 Å². The van der Waals surface area contributed by atoms with E-state index in [2.05, 4.69) is 110 Å². The van der Waals surface area contributed by atoms with Crippen molar-refractivity contribution in [3.05, 3.63) is 105 Å². The van der Waals surface area contributed by atoms with Crippen LogP contribution in [0.4, 0.5) is 0 Å². The van der Waals surface area contributed by atoms with Gasteiger partial charge in [-0.15, -0.1) is 22.7 Å². The van der Waals surface area contributed by atoms with E-state index < -0.39 is 0 Å². The van der Waals surface area contributed by atoms with Gasteiger partial charge in [0.25, 0.3) is 0 Å². The minimum atomic E-state index is 1.08. The van der Waals surface area contributed by atoms with Crippen LogP contribution < -0.4 is 0 Å². The molecule has 4 aromatic rings. The molecule has 4 rings (SSSR count). The number of aryl methyl sites for hydroxylation is 2. The van der Waals surface area contributed by atoms with E-state index >= 15 is 0 Å². The molecule has 0 aliphatic rings. The first-order valence-electron chi connectivity index (χ1n) is 14.2. The molecule has 0 unspecified atom stereocenters. The minimum absolute atomic E-state index is 1.08. The highest BCUT2D eigenvalue weighted by Crippen LogP contribution is 2.33. The predicted octanol–water partition coefficient (Wildman–Crippen LogP) is 10.5. The summed E-state index contributed by atoms with van der Waals surface area (Å²) in [7, 11) is 0. The van der Waals surface area contributed by atoms with Crippen LogP contribution in [0, 0.1) is 23.7 Å². The molecular formula is C36H38S2. The molecule has 2 heteroatoms. The minimum Gasteiger partial charge on any atom is -0.126 e. The van der Waals surface area contributed by atoms with Gasteiger partial charge in [-0.05, 0) is 85.3 Å². The van der Waals surface area contributed by atoms with Gasteiger partial charge in [0.1, 0.15) is 0 Å². The summed E-state index contributed by atoms with van der Waals surface area (Å²) in [6.45, 7) is 4.52. The summed E-state index contributed by atoms with van der Waals surface area (Å²) in [6.07, 6.45) is 12.8. The molecule has 0 atom stereocenters. The first kappa shape index (κ1) is 28.0. The Morgan fingerprint density at radius 2 is 0.868 bits per heavy atom. The molecule has 0 aliphatic heterocycles. The molecule has 0 saturated carbocycles. The molecule has 2 aromatic heterocycles. The first-order valence-corrected chi connectivity index (χ1v) is 15.8. The maximum Gasteiger partial charge on any atom is 0.0779 e. The lowest BCUT2D eigenvalue weighted by Gasteiger charge is -2.01. The van der Waals surface area contributed by atoms with Gasteiger partial charge >= 0.3 is 0 Å². The smallest absolute Gasteiger partial charge is 0.0779 e. The highest BCUT2D eigenvalue weighted by atomic mass is 32.1. The summed E-state index contributed by atoms with van der Waals surface area (Å²) in [5.74, 6) is 13.4. The van der Waals surface area contributed by atoms with Gasteiger partial charge in [0, 0.05) is 20.9 Å². The van der Waals surface area contributed by atoms with E-state index in [1.807, 2.05) is 0 Å². The Kier molecular flexibility index (Phi) is 11.3. The van der Waals surface area contributed by atoms with Gasteiger partial charge in [0.15, 0.2) is 0 Å². The third kappa shape index (κ3) is 9.06. The second-order valence-electron chi connectivity index (χ2n) is 9.84. The SMILES string of the molecule is CCCCCCc1ccc(C#Cc2ccc(-c3ccc(C#Cc4ccc(CCCCCC)cc4)s3)s2)cc1. The molecule has 0 amide bonds. The van der Waals surface area contributed by atoms with Crippen molar-refractivity contribution in [2.75, 3.05) is 0 Å². The van der Waals surface area contributed by atoms with Crippen molar-refractivity contribution in [1.82, 2.24) is 0 Å². The van der Waals surface area contributed by atoms with Crippen molar-refractivity contribution < 1.29 is 0 Å². The van der Waals surface area contributed by atoms with E-state index in [-0.39, 0.29) is 0 Å². The van der Waals surface area contributed by atoms with E-state index in [9.17, 15) is 0 Å². The Hall–Kier alpha value is -3.04. The molecule has 2 aromatic carbocycles. The fourth-order valence-corrected chi connectivity index (χ4v) is 6.17. The van der Waals surface area contributed by atoms with Crippen LogP contribution >= 0.6 is 22.7 Å². The molecule has 2 heterocycles. The predicted molar refractivity (Wildman–Crippen MR) is 168 cm³/mol. The molecule has 0 N–H and O–H groups in total. The first-order chi connectivity index (χ1) is 18.7. The Balaban J connectivity index is 1.31. The molecule has 0 fully saturated rings. The van der Waals surface area contributed by atoms with Crippen LogP contribution in [0.2, 0.25) is 0 Å². The van der Waals surface area contributed by atoms with Crippen LogP contribution in [0.25, 0.3) is 9.75 Å². The quantitative estimate of drug-likeness (QED) is 0.133. The van der Waals surface area contributed by atoms with E-state index in [4.69, 9.17) is 0 Å². The van der Waals surface area contributed by atoms with Crippen LogP contribution in [0.1, 0.15) is 97.2 Å². The maximum atomic E-state index is 3.35. The zero-order valence-corrected chi connectivity index (χ0v) is 24.4. The average molecular weight is 535 g/mol. The monoisotopic (exact) mass is 534 g/mol. The third-order valence-electron chi connectivity index (χ3n) is 6.66. The van der Waals surface area contributed by atoms with Crippen LogP contribution in [-0.2, 0) is 12.8 Å². The summed E-state index contributed by atoms with van der Waals surface area (Å²) >= 11 is 3.50. The van der Waals surface area contributed by atoms with Gasteiger partial charge in [0.2, 0.25) is 0 Å². The summed E-state index contributed by atoms with van der Waals surface area (Å²) in [5, 5.41) is 0. The molecule has 0 aliphatic carbocycles. The zero-order chi connectivity index (χ0) is 26.4. The van der Waals surface area contributed by atoms with Gasteiger partial charge in [0.05, 0.1) is 9.75 Å². The van der Waals surface area contributed by atoms with Crippen molar-refractivity contribution in [2.24, 2.45) is 0 Å². The summed E-state index contributed by atoms with van der Waals surface area (Å²) in [4.78, 5) is 4.70. The van der Waals surface area contributed by atoms with E-state index in [0.29, 0.717) is 0 Å². The van der Waals surface area contributed by atoms with Crippen molar-refractivity contribution in [3.8, 4) is 33.4 Å². The Morgan fingerprint density at radius 1 is 0.447 bits per heavy atom. The molecule has 194 valence electrons. The van der Waals surface area contributed by atoms with Gasteiger partial charge in [-0.2, -0.15) is 0 Å². The van der Waals surface area contributed by atoms with Crippen molar-refractivity contribution in [2.45, 2.75) is 78.1 Å². The summed E-state index contributed by atoms with van der Waals surface area (Å²) < 4.78 is 0. The standard InChI is InChI=1S/C36H38S2/c1-3-5-7-9-11-29-13-17-31(18-14-29)21-23-33-25-27-35(37-33)36-28-26-34(38-36)24-22-32-19-15-30(16-20-32)12-10-8-6-4-2/h13-20,25-28H,3-12H2,1-2H3. The fraction of sp³-hybridized carbons (Fsp3) is 0.333. The molecule has 0 spiro atoms. The van der Waals surface area contributed by atoms with Gasteiger partial charge in [-0.1, -0.05) is 100 Å². The lowest BCUT2D eigenvalue weighted by molar-refractivity contribution is 0.667. The lowest BCUT2D eigenvalue weighted by atomic mass is 10.0. The lowest BCUT2D eigenvalue weighted by Crippen LogP contribution is -1.86. The third-order valence-corrected chi connectivity index (χ3v) is 8.86. The van der Waals surface area contributed by atoms with Crippen LogP contribution in [0.5, 0.6) is 0 Å². The molecular weight excluding hydrogens is 497 g/mol. The maximum absolute atomic E-state index is 3.35. The van der Waals surface area contributed by atoms with Crippen molar-refractivity contribution in [3.63, 3.8) is 0 Å². The van der Waals surface area contributed by atoms with Gasteiger partial charge < -0.3 is 0 Å². The number of hydrogen-bond acceptors (Lipinski definition) is 2. The van der Waals surface area contributed by atoms with Gasteiger partial charge in [-0.3, -0.25) is 0 Å². The highest BCUT2D eigenvalue weighted by molar-refractivity contribution is 7.22. The number of hydrogen-bond donors (Lipinski definition) is 0. The highest BCUT2D eigenvalue weighted by Gasteiger charge is 2.05. The fourth-order valence-electron chi connectivity index (χ4n) is 4.36. The zero-order valence-electron chi connectivity index (χ0n) is 22.8. The van der Waals surface area contributed by atoms with E-state index in [0.717, 1.165) is 20.9 Å². The number of benzene rings is 2. The Labute approximate surface area is 238 Å². The molecule has 0 radical (unpaired) electrons. The van der Waals surface area contributed by atoms with Crippen LogP contribution in [0.15, 0.2) is 72.8 Å². The molecule has 38 heavy (non-hydrogen) atoms.